The van der Waals surface area contributed by atoms with Gasteiger partial charge in [0.15, 0.2) is 0 Å². The summed E-state index contributed by atoms with van der Waals surface area (Å²) in [7, 11) is 0. The summed E-state index contributed by atoms with van der Waals surface area (Å²) < 4.78 is 53.1. The Kier molecular flexibility index (Phi) is 3.50. The van der Waals surface area contributed by atoms with Gasteiger partial charge in [0, 0.05) is 12.1 Å². The standard InChI is InChI=1S/C13H9F4N/c14-9-3-1-4-10(15)8(9)7-18-13-11(16)5-2-6-12(13)17/h1-6,18H,7H2. The predicted octanol–water partition coefficient (Wildman–Crippen LogP) is 3.86. The van der Waals surface area contributed by atoms with E-state index in [4.69, 9.17) is 0 Å². The maximum absolute atomic E-state index is 13.3. The lowest BCUT2D eigenvalue weighted by atomic mass is 10.2. The number of nitrogens with one attached hydrogen (secondary N) is 1. The molecule has 0 spiro atoms. The normalized spacial score (nSPS) is 10.4. The Hall–Kier alpha value is -2.04. The van der Waals surface area contributed by atoms with Crippen molar-refractivity contribution in [3.63, 3.8) is 0 Å². The van der Waals surface area contributed by atoms with Gasteiger partial charge in [0.1, 0.15) is 29.0 Å². The summed E-state index contributed by atoms with van der Waals surface area (Å²) in [4.78, 5) is 0. The lowest BCUT2D eigenvalue weighted by Crippen LogP contribution is -2.07. The lowest BCUT2D eigenvalue weighted by Gasteiger charge is -2.10. The van der Waals surface area contributed by atoms with Gasteiger partial charge < -0.3 is 5.32 Å². The number of hydrogen-bond donors (Lipinski definition) is 1. The minimum absolute atomic E-state index is 0.264. The van der Waals surface area contributed by atoms with E-state index in [-0.39, 0.29) is 12.1 Å². The van der Waals surface area contributed by atoms with Gasteiger partial charge in [-0.25, -0.2) is 17.6 Å². The summed E-state index contributed by atoms with van der Waals surface area (Å²) in [6.07, 6.45) is 0. The van der Waals surface area contributed by atoms with Gasteiger partial charge >= 0.3 is 0 Å². The molecule has 0 bridgehead atoms. The lowest BCUT2D eigenvalue weighted by molar-refractivity contribution is 0.556. The molecule has 0 radical (unpaired) electrons. The van der Waals surface area contributed by atoms with E-state index < -0.39 is 29.0 Å². The second kappa shape index (κ2) is 5.08. The average Bonchev–Trinajstić information content (AvgIpc) is 2.31. The highest BCUT2D eigenvalue weighted by atomic mass is 19.1. The number of hydrogen-bond acceptors (Lipinski definition) is 1. The van der Waals surface area contributed by atoms with E-state index in [1.54, 1.807) is 0 Å². The fraction of sp³-hybridized carbons (Fsp3) is 0.0769. The maximum Gasteiger partial charge on any atom is 0.149 e. The molecular formula is C13H9F4N. The summed E-state index contributed by atoms with van der Waals surface area (Å²) >= 11 is 0. The van der Waals surface area contributed by atoms with Crippen LogP contribution in [0.1, 0.15) is 5.56 Å². The number of anilines is 1. The predicted molar refractivity (Wildman–Crippen MR) is 60.0 cm³/mol. The third-order valence-electron chi connectivity index (χ3n) is 2.47. The Morgan fingerprint density at radius 1 is 0.722 bits per heavy atom. The second-order valence-electron chi connectivity index (χ2n) is 3.65. The molecule has 2 rings (SSSR count). The molecule has 0 aliphatic rings. The number of rotatable bonds is 3. The van der Waals surface area contributed by atoms with Crippen LogP contribution in [0.25, 0.3) is 0 Å². The molecule has 0 saturated heterocycles. The third kappa shape index (κ3) is 2.45. The van der Waals surface area contributed by atoms with Crippen molar-refractivity contribution in [1.82, 2.24) is 0 Å². The Balaban J connectivity index is 2.22. The molecule has 0 heterocycles. The zero-order valence-corrected chi connectivity index (χ0v) is 9.18. The summed E-state index contributed by atoms with van der Waals surface area (Å²) in [5.41, 5.74) is -0.666. The van der Waals surface area contributed by atoms with Crippen LogP contribution in [0, 0.1) is 23.3 Å². The molecule has 2 aromatic carbocycles. The molecule has 0 unspecified atom stereocenters. The molecule has 0 aliphatic carbocycles. The fourth-order valence-electron chi connectivity index (χ4n) is 1.54. The molecular weight excluding hydrogens is 246 g/mol. The SMILES string of the molecule is Fc1cccc(F)c1CNc1c(F)cccc1F. The Labute approximate surface area is 101 Å². The molecule has 5 heteroatoms. The van der Waals surface area contributed by atoms with Crippen LogP contribution in [0.4, 0.5) is 23.2 Å². The first-order valence-corrected chi connectivity index (χ1v) is 5.20. The monoisotopic (exact) mass is 255 g/mol. The van der Waals surface area contributed by atoms with Gasteiger partial charge in [-0.2, -0.15) is 0 Å². The minimum atomic E-state index is -0.813. The van der Waals surface area contributed by atoms with Gasteiger partial charge in [0.25, 0.3) is 0 Å². The summed E-state index contributed by atoms with van der Waals surface area (Å²) in [5, 5.41) is 2.35. The van der Waals surface area contributed by atoms with Gasteiger partial charge in [-0.15, -0.1) is 0 Å². The topological polar surface area (TPSA) is 12.0 Å². The van der Waals surface area contributed by atoms with Crippen molar-refractivity contribution in [1.29, 1.82) is 0 Å². The Morgan fingerprint density at radius 3 is 1.67 bits per heavy atom. The Bertz CT molecular complexity index is 477. The zero-order valence-electron chi connectivity index (χ0n) is 9.18. The van der Waals surface area contributed by atoms with Crippen LogP contribution in [-0.4, -0.2) is 0 Å². The van der Waals surface area contributed by atoms with Crippen LogP contribution >= 0.6 is 0 Å². The van der Waals surface area contributed by atoms with E-state index in [0.29, 0.717) is 0 Å². The molecule has 1 nitrogen and oxygen atoms in total. The van der Waals surface area contributed by atoms with Crippen LogP contribution in [0.15, 0.2) is 36.4 Å². The van der Waals surface area contributed by atoms with E-state index in [0.717, 1.165) is 24.3 Å². The summed E-state index contributed by atoms with van der Waals surface area (Å²) in [5.74, 6) is -3.16. The highest BCUT2D eigenvalue weighted by Crippen LogP contribution is 2.20. The van der Waals surface area contributed by atoms with Crippen LogP contribution < -0.4 is 5.32 Å². The first-order valence-electron chi connectivity index (χ1n) is 5.20. The molecule has 0 atom stereocenters. The van der Waals surface area contributed by atoms with Crippen molar-refractivity contribution in [2.24, 2.45) is 0 Å². The van der Waals surface area contributed by atoms with Crippen LogP contribution in [-0.2, 0) is 6.54 Å². The largest absolute Gasteiger partial charge is 0.376 e. The molecule has 1 N–H and O–H groups in total. The van der Waals surface area contributed by atoms with Gasteiger partial charge in [0.2, 0.25) is 0 Å². The summed E-state index contributed by atoms with van der Waals surface area (Å²) in [6.45, 7) is -0.337. The molecule has 2 aromatic rings. The number of benzene rings is 2. The van der Waals surface area contributed by atoms with E-state index >= 15 is 0 Å². The first kappa shape index (κ1) is 12.4. The summed E-state index contributed by atoms with van der Waals surface area (Å²) in [6, 6.07) is 6.71. The Morgan fingerprint density at radius 2 is 1.17 bits per heavy atom. The first-order chi connectivity index (χ1) is 8.59. The fourth-order valence-corrected chi connectivity index (χ4v) is 1.54. The van der Waals surface area contributed by atoms with Crippen LogP contribution in [0.5, 0.6) is 0 Å². The molecule has 18 heavy (non-hydrogen) atoms. The quantitative estimate of drug-likeness (QED) is 0.821. The molecule has 0 aromatic heterocycles. The van der Waals surface area contributed by atoms with Gasteiger partial charge in [0.05, 0.1) is 0 Å². The van der Waals surface area contributed by atoms with Crippen molar-refractivity contribution >= 4 is 5.69 Å². The van der Waals surface area contributed by atoms with Crippen molar-refractivity contribution < 1.29 is 17.6 Å². The van der Waals surface area contributed by atoms with Crippen LogP contribution in [0.3, 0.4) is 0 Å². The van der Waals surface area contributed by atoms with E-state index in [1.165, 1.54) is 12.1 Å². The molecule has 0 fully saturated rings. The molecule has 94 valence electrons. The van der Waals surface area contributed by atoms with Gasteiger partial charge in [-0.1, -0.05) is 12.1 Å². The number of para-hydroxylation sites is 1. The van der Waals surface area contributed by atoms with Crippen molar-refractivity contribution in [3.8, 4) is 0 Å². The highest BCUT2D eigenvalue weighted by Gasteiger charge is 2.11. The smallest absolute Gasteiger partial charge is 0.149 e. The minimum Gasteiger partial charge on any atom is -0.376 e. The highest BCUT2D eigenvalue weighted by molar-refractivity contribution is 5.46. The van der Waals surface area contributed by atoms with E-state index in [2.05, 4.69) is 5.32 Å². The van der Waals surface area contributed by atoms with Gasteiger partial charge in [-0.3, -0.25) is 0 Å². The maximum atomic E-state index is 13.3. The molecule has 0 saturated carbocycles. The number of halogens is 4. The van der Waals surface area contributed by atoms with Crippen molar-refractivity contribution in [2.45, 2.75) is 6.54 Å². The van der Waals surface area contributed by atoms with E-state index in [1.807, 2.05) is 0 Å². The van der Waals surface area contributed by atoms with Crippen molar-refractivity contribution in [2.75, 3.05) is 5.32 Å². The third-order valence-corrected chi connectivity index (χ3v) is 2.47. The van der Waals surface area contributed by atoms with E-state index in [9.17, 15) is 17.6 Å². The molecule has 0 aliphatic heterocycles. The zero-order chi connectivity index (χ0) is 13.1. The van der Waals surface area contributed by atoms with Crippen molar-refractivity contribution in [3.05, 3.63) is 65.2 Å². The molecule has 0 amide bonds. The van der Waals surface area contributed by atoms with Gasteiger partial charge in [-0.05, 0) is 24.3 Å². The second-order valence-corrected chi connectivity index (χ2v) is 3.65. The average molecular weight is 255 g/mol. The van der Waals surface area contributed by atoms with Crippen LogP contribution in [0.2, 0.25) is 0 Å².